The Morgan fingerprint density at radius 1 is 1.36 bits per heavy atom. The highest BCUT2D eigenvalue weighted by atomic mass is 19.3. The maximum atomic E-state index is 13.9. The average Bonchev–Trinajstić information content (AvgIpc) is 2.44. The number of esters is 1. The van der Waals surface area contributed by atoms with E-state index in [1.165, 1.54) is 7.11 Å². The number of halogens is 2. The van der Waals surface area contributed by atoms with E-state index < -0.39 is 17.8 Å². The number of benzene rings is 1. The maximum absolute atomic E-state index is 13.9. The fourth-order valence-corrected chi connectivity index (χ4v) is 2.12. The minimum Gasteiger partial charge on any atom is -0.466 e. The van der Waals surface area contributed by atoms with E-state index in [2.05, 4.69) is 0 Å². The van der Waals surface area contributed by atoms with Crippen molar-refractivity contribution in [1.29, 1.82) is 0 Å². The molecule has 0 aliphatic heterocycles. The van der Waals surface area contributed by atoms with Crippen molar-refractivity contribution in [3.05, 3.63) is 35.4 Å². The van der Waals surface area contributed by atoms with Crippen LogP contribution in [0.15, 0.2) is 24.3 Å². The molecule has 0 radical (unpaired) electrons. The molecule has 0 fully saturated rings. The van der Waals surface area contributed by atoms with Crippen LogP contribution in [0.3, 0.4) is 0 Å². The van der Waals surface area contributed by atoms with Crippen LogP contribution in [0.25, 0.3) is 0 Å². The van der Waals surface area contributed by atoms with Crippen LogP contribution in [0.5, 0.6) is 0 Å². The summed E-state index contributed by atoms with van der Waals surface area (Å²) in [5, 5.41) is 0. The fraction of sp³-hybridized carbons (Fsp3) is 0.562. The van der Waals surface area contributed by atoms with Gasteiger partial charge in [-0.05, 0) is 25.0 Å². The van der Waals surface area contributed by atoms with Crippen LogP contribution >= 0.6 is 0 Å². The van der Waals surface area contributed by atoms with E-state index in [0.717, 1.165) is 12.5 Å². The first-order valence-electron chi connectivity index (χ1n) is 7.07. The molecule has 0 saturated heterocycles. The van der Waals surface area contributed by atoms with E-state index in [0.29, 0.717) is 5.56 Å². The second-order valence-electron chi connectivity index (χ2n) is 5.02. The highest BCUT2D eigenvalue weighted by Gasteiger charge is 2.37. The molecule has 124 valence electrons. The molecule has 1 aromatic carbocycles. The van der Waals surface area contributed by atoms with Crippen LogP contribution in [-0.2, 0) is 25.6 Å². The first-order chi connectivity index (χ1) is 10.4. The van der Waals surface area contributed by atoms with E-state index in [-0.39, 0.29) is 26.4 Å². The lowest BCUT2D eigenvalue weighted by Gasteiger charge is -2.23. The predicted molar refractivity (Wildman–Crippen MR) is 77.7 cm³/mol. The zero-order chi connectivity index (χ0) is 16.6. The summed E-state index contributed by atoms with van der Waals surface area (Å²) in [4.78, 5) is 11.6. The summed E-state index contributed by atoms with van der Waals surface area (Å²) >= 11 is 0. The van der Waals surface area contributed by atoms with Crippen molar-refractivity contribution in [2.45, 2.75) is 38.7 Å². The van der Waals surface area contributed by atoms with Crippen LogP contribution in [0.1, 0.15) is 37.3 Å². The number of carbonyl (C=O) groups is 1. The van der Waals surface area contributed by atoms with E-state index in [4.69, 9.17) is 14.2 Å². The Balaban J connectivity index is 2.90. The summed E-state index contributed by atoms with van der Waals surface area (Å²) < 4.78 is 42.5. The zero-order valence-corrected chi connectivity index (χ0v) is 13.1. The molecule has 0 aliphatic carbocycles. The number of hydrogen-bond acceptors (Lipinski definition) is 4. The molecule has 0 saturated carbocycles. The number of methoxy groups -OCH3 is 1. The second kappa shape index (κ2) is 8.80. The molecule has 1 atom stereocenters. The van der Waals surface area contributed by atoms with Gasteiger partial charge in [0.1, 0.15) is 6.79 Å². The maximum Gasteiger partial charge on any atom is 0.306 e. The smallest absolute Gasteiger partial charge is 0.306 e. The SMILES string of the molecule is CCOC(=O)CC(c1cccc(COCOC)c1)C(C)(F)F. The summed E-state index contributed by atoms with van der Waals surface area (Å²) in [5.41, 5.74) is 1.13. The molecule has 0 amide bonds. The Bertz CT molecular complexity index is 471. The van der Waals surface area contributed by atoms with Gasteiger partial charge < -0.3 is 14.2 Å². The van der Waals surface area contributed by atoms with Crippen LogP contribution in [0, 0.1) is 0 Å². The third kappa shape index (κ3) is 6.07. The second-order valence-corrected chi connectivity index (χ2v) is 5.02. The van der Waals surface area contributed by atoms with E-state index in [9.17, 15) is 13.6 Å². The third-order valence-corrected chi connectivity index (χ3v) is 3.11. The Morgan fingerprint density at radius 2 is 2.09 bits per heavy atom. The number of alkyl halides is 2. The van der Waals surface area contributed by atoms with Crippen LogP contribution < -0.4 is 0 Å². The van der Waals surface area contributed by atoms with Crippen molar-refractivity contribution < 1.29 is 27.8 Å². The first-order valence-corrected chi connectivity index (χ1v) is 7.07. The van der Waals surface area contributed by atoms with Gasteiger partial charge in [-0.2, -0.15) is 0 Å². The lowest BCUT2D eigenvalue weighted by Crippen LogP contribution is -2.26. The van der Waals surface area contributed by atoms with Gasteiger partial charge in [0.05, 0.1) is 25.6 Å². The monoisotopic (exact) mass is 316 g/mol. The topological polar surface area (TPSA) is 44.8 Å². The van der Waals surface area contributed by atoms with Gasteiger partial charge in [-0.3, -0.25) is 4.79 Å². The van der Waals surface area contributed by atoms with E-state index in [1.807, 2.05) is 0 Å². The molecule has 1 aromatic rings. The number of carbonyl (C=O) groups excluding carboxylic acids is 1. The molecule has 4 nitrogen and oxygen atoms in total. The minimum atomic E-state index is -3.03. The molecule has 1 unspecified atom stereocenters. The molecule has 22 heavy (non-hydrogen) atoms. The van der Waals surface area contributed by atoms with Gasteiger partial charge in [-0.15, -0.1) is 0 Å². The molecule has 0 N–H and O–H groups in total. The standard InChI is InChI=1S/C16H22F2O4/c1-4-22-15(19)9-14(16(2,17)18)13-7-5-6-12(8-13)10-21-11-20-3/h5-8,14H,4,9-11H2,1-3H3. The molecule has 0 bridgehead atoms. The molecule has 6 heteroatoms. The van der Waals surface area contributed by atoms with Gasteiger partial charge in [-0.1, -0.05) is 24.3 Å². The van der Waals surface area contributed by atoms with Crippen LogP contribution in [0.4, 0.5) is 8.78 Å². The van der Waals surface area contributed by atoms with Crippen LogP contribution in [-0.4, -0.2) is 32.4 Å². The highest BCUT2D eigenvalue weighted by Crippen LogP contribution is 2.36. The predicted octanol–water partition coefficient (Wildman–Crippen LogP) is 3.50. The lowest BCUT2D eigenvalue weighted by molar-refractivity contribution is -0.146. The Labute approximate surface area is 129 Å². The van der Waals surface area contributed by atoms with Gasteiger partial charge in [0.2, 0.25) is 0 Å². The van der Waals surface area contributed by atoms with Gasteiger partial charge in [0.25, 0.3) is 5.92 Å². The fourth-order valence-electron chi connectivity index (χ4n) is 2.12. The molecule has 0 spiro atoms. The molecule has 0 heterocycles. The highest BCUT2D eigenvalue weighted by molar-refractivity contribution is 5.70. The number of ether oxygens (including phenoxy) is 3. The van der Waals surface area contributed by atoms with Crippen molar-refractivity contribution in [1.82, 2.24) is 0 Å². The van der Waals surface area contributed by atoms with E-state index in [1.54, 1.807) is 31.2 Å². The summed E-state index contributed by atoms with van der Waals surface area (Å²) in [6.07, 6.45) is -0.361. The van der Waals surface area contributed by atoms with Gasteiger partial charge in [0.15, 0.2) is 0 Å². The quantitative estimate of drug-likeness (QED) is 0.397. The Kier molecular flexibility index (Phi) is 7.41. The largest absolute Gasteiger partial charge is 0.466 e. The lowest BCUT2D eigenvalue weighted by atomic mass is 9.89. The molecular weight excluding hydrogens is 294 g/mol. The summed E-state index contributed by atoms with van der Waals surface area (Å²) in [6.45, 7) is 3.00. The first kappa shape index (κ1) is 18.5. The van der Waals surface area contributed by atoms with Crippen molar-refractivity contribution >= 4 is 5.97 Å². The average molecular weight is 316 g/mol. The Morgan fingerprint density at radius 3 is 2.68 bits per heavy atom. The number of hydrogen-bond donors (Lipinski definition) is 0. The number of rotatable bonds is 9. The summed E-state index contributed by atoms with van der Waals surface area (Å²) in [7, 11) is 1.50. The van der Waals surface area contributed by atoms with Crippen molar-refractivity contribution in [3.63, 3.8) is 0 Å². The third-order valence-electron chi connectivity index (χ3n) is 3.11. The van der Waals surface area contributed by atoms with Crippen molar-refractivity contribution in [2.75, 3.05) is 20.5 Å². The van der Waals surface area contributed by atoms with Gasteiger partial charge >= 0.3 is 5.97 Å². The zero-order valence-electron chi connectivity index (χ0n) is 13.1. The van der Waals surface area contributed by atoms with Gasteiger partial charge in [0, 0.05) is 7.11 Å². The Hall–Kier alpha value is -1.53. The normalized spacial score (nSPS) is 13.0. The minimum absolute atomic E-state index is 0.125. The van der Waals surface area contributed by atoms with Crippen molar-refractivity contribution in [3.8, 4) is 0 Å². The van der Waals surface area contributed by atoms with Gasteiger partial charge in [-0.25, -0.2) is 8.78 Å². The van der Waals surface area contributed by atoms with Crippen LogP contribution in [0.2, 0.25) is 0 Å². The summed E-state index contributed by atoms with van der Waals surface area (Å²) in [5.74, 6) is -4.89. The van der Waals surface area contributed by atoms with Crippen molar-refractivity contribution in [2.24, 2.45) is 0 Å². The molecule has 1 rings (SSSR count). The molecular formula is C16H22F2O4. The molecule has 0 aliphatic rings. The molecule has 0 aromatic heterocycles. The summed E-state index contributed by atoms with van der Waals surface area (Å²) in [6, 6.07) is 6.65. The van der Waals surface area contributed by atoms with E-state index >= 15 is 0 Å².